The Kier molecular flexibility index (Phi) is 8.47. The highest BCUT2D eigenvalue weighted by Gasteiger charge is 2.35. The molecule has 0 bridgehead atoms. The number of carbonyl (C=O) groups is 2. The summed E-state index contributed by atoms with van der Waals surface area (Å²) in [5, 5.41) is 5.32. The molecule has 1 saturated heterocycles. The Hall–Kier alpha value is -4.27. The minimum absolute atomic E-state index is 0.0921. The van der Waals surface area contributed by atoms with Crippen molar-refractivity contribution in [2.45, 2.75) is 57.2 Å². The minimum atomic E-state index is -4.06. The smallest absolute Gasteiger partial charge is 0.410 e. The van der Waals surface area contributed by atoms with E-state index in [0.29, 0.717) is 44.1 Å². The molecule has 0 unspecified atom stereocenters. The van der Waals surface area contributed by atoms with Gasteiger partial charge < -0.3 is 24.3 Å². The summed E-state index contributed by atoms with van der Waals surface area (Å²) in [6.45, 7) is 16.3. The maximum atomic E-state index is 12.8. The monoisotopic (exact) mass is 580 g/mol. The molecule has 0 radical (unpaired) electrons. The first-order valence-electron chi connectivity index (χ1n) is 13.0. The van der Waals surface area contributed by atoms with Gasteiger partial charge in [-0.25, -0.2) is 34.9 Å². The molecule has 0 spiro atoms. The molecule has 0 aliphatic carbocycles. The Balaban J connectivity index is 1.76. The molecule has 216 valence electrons. The second kappa shape index (κ2) is 11.7. The zero-order chi connectivity index (χ0) is 29.9. The number of amides is 2. The highest BCUT2D eigenvalue weighted by Crippen LogP contribution is 2.29. The number of fused-ring (bicyclic) bond motifs is 1. The second-order valence-electron chi connectivity index (χ2n) is 10.8. The summed E-state index contributed by atoms with van der Waals surface area (Å²) in [7, 11) is -4.06. The fourth-order valence-electron chi connectivity index (χ4n) is 4.77. The maximum Gasteiger partial charge on any atom is 0.410 e. The first kappa shape index (κ1) is 29.7. The van der Waals surface area contributed by atoms with Crippen LogP contribution in [0.15, 0.2) is 23.4 Å². The second-order valence-corrected chi connectivity index (χ2v) is 12.3. The summed E-state index contributed by atoms with van der Waals surface area (Å²) in [6.07, 6.45) is 2.54. The third kappa shape index (κ3) is 7.09. The van der Waals surface area contributed by atoms with Gasteiger partial charge in [-0.15, -0.1) is 0 Å². The summed E-state index contributed by atoms with van der Waals surface area (Å²) >= 11 is 0. The number of rotatable bonds is 3. The van der Waals surface area contributed by atoms with Crippen molar-refractivity contribution in [3.05, 3.63) is 52.5 Å². The van der Waals surface area contributed by atoms with Crippen molar-refractivity contribution < 1.29 is 22.7 Å². The first-order valence-corrected chi connectivity index (χ1v) is 14.5. The number of nitrogens with zero attached hydrogens (tertiary/aromatic N) is 7. The average Bonchev–Trinajstić information content (AvgIpc) is 2.89. The molecule has 2 aromatic rings. The number of hydrogen-bond donors (Lipinski definition) is 1. The lowest BCUT2D eigenvalue weighted by atomic mass is 10.0. The van der Waals surface area contributed by atoms with Crippen LogP contribution in [0.1, 0.15) is 50.3 Å². The molecule has 2 amide bonds. The molecule has 14 heteroatoms. The predicted octanol–water partition coefficient (Wildman–Crippen LogP) is 1.17. The van der Waals surface area contributed by atoms with Gasteiger partial charge in [-0.1, -0.05) is 5.92 Å². The number of anilines is 1. The molecule has 1 fully saturated rings. The summed E-state index contributed by atoms with van der Waals surface area (Å²) in [6, 6.07) is 1.13. The van der Waals surface area contributed by atoms with E-state index in [-0.39, 0.29) is 41.3 Å². The molecule has 1 atom stereocenters. The quantitative estimate of drug-likeness (QED) is 0.416. The third-order valence-corrected chi connectivity index (χ3v) is 7.52. The van der Waals surface area contributed by atoms with Gasteiger partial charge in [0.05, 0.1) is 12.2 Å². The van der Waals surface area contributed by atoms with E-state index in [1.165, 1.54) is 19.2 Å². The number of primary sulfonamides is 1. The molecule has 2 aliphatic heterocycles. The number of pyridine rings is 1. The number of hydrogen-bond acceptors (Lipinski definition) is 9. The van der Waals surface area contributed by atoms with Crippen LogP contribution in [-0.4, -0.2) is 89.5 Å². The van der Waals surface area contributed by atoms with Gasteiger partial charge in [0.2, 0.25) is 28.3 Å². The third-order valence-electron chi connectivity index (χ3n) is 6.58. The van der Waals surface area contributed by atoms with Gasteiger partial charge in [-0.2, -0.15) is 0 Å². The SMILES string of the molecule is [C-]#[N+]C[C@H]1CN(c2nc(C#Cc3ccncc3S(N)(=O)=O)nc3c2CCN(C(=O)OC(C)(C)C)C3)CCN1C(C)=O. The zero-order valence-corrected chi connectivity index (χ0v) is 24.2. The van der Waals surface area contributed by atoms with Crippen LogP contribution >= 0.6 is 0 Å². The van der Waals surface area contributed by atoms with Gasteiger partial charge in [0.1, 0.15) is 22.4 Å². The Bertz CT molecular complexity index is 1570. The van der Waals surface area contributed by atoms with Crippen molar-refractivity contribution in [1.82, 2.24) is 24.8 Å². The largest absolute Gasteiger partial charge is 0.444 e. The number of sulfonamides is 1. The molecule has 0 aromatic carbocycles. The summed E-state index contributed by atoms with van der Waals surface area (Å²) in [5.41, 5.74) is 0.925. The summed E-state index contributed by atoms with van der Waals surface area (Å²) in [5.74, 6) is 6.30. The molecule has 0 saturated carbocycles. The van der Waals surface area contributed by atoms with Gasteiger partial charge in [-0.3, -0.25) is 9.78 Å². The number of piperazine rings is 1. The van der Waals surface area contributed by atoms with Crippen LogP contribution in [0.25, 0.3) is 4.85 Å². The van der Waals surface area contributed by atoms with E-state index in [1.807, 2.05) is 4.90 Å². The molecule has 41 heavy (non-hydrogen) atoms. The van der Waals surface area contributed by atoms with E-state index in [0.717, 1.165) is 11.8 Å². The number of nitrogens with two attached hydrogens (primary N) is 1. The molecule has 2 N–H and O–H groups in total. The lowest BCUT2D eigenvalue weighted by Crippen LogP contribution is -2.56. The molecule has 2 aromatic heterocycles. The molecular formula is C27H32N8O5S. The number of ether oxygens (including phenoxy) is 1. The van der Waals surface area contributed by atoms with E-state index in [2.05, 4.69) is 26.7 Å². The van der Waals surface area contributed by atoms with Crippen LogP contribution < -0.4 is 10.0 Å². The highest BCUT2D eigenvalue weighted by molar-refractivity contribution is 7.89. The van der Waals surface area contributed by atoms with E-state index in [4.69, 9.17) is 21.4 Å². The van der Waals surface area contributed by atoms with Gasteiger partial charge in [-0.05, 0) is 39.2 Å². The predicted molar refractivity (Wildman–Crippen MR) is 149 cm³/mol. The van der Waals surface area contributed by atoms with E-state index < -0.39 is 21.7 Å². The topological polar surface area (TPSA) is 156 Å². The van der Waals surface area contributed by atoms with Crippen molar-refractivity contribution in [3.8, 4) is 11.8 Å². The lowest BCUT2D eigenvalue weighted by Gasteiger charge is -2.40. The molecule has 4 rings (SSSR count). The van der Waals surface area contributed by atoms with Crippen molar-refractivity contribution in [1.29, 1.82) is 0 Å². The van der Waals surface area contributed by atoms with Crippen molar-refractivity contribution in [2.24, 2.45) is 5.14 Å². The van der Waals surface area contributed by atoms with Crippen LogP contribution in [0.5, 0.6) is 0 Å². The van der Waals surface area contributed by atoms with Crippen LogP contribution in [0, 0.1) is 18.4 Å². The van der Waals surface area contributed by atoms with Crippen LogP contribution in [-0.2, 0) is 32.5 Å². The van der Waals surface area contributed by atoms with Crippen LogP contribution in [0.2, 0.25) is 0 Å². The van der Waals surface area contributed by atoms with Crippen molar-refractivity contribution in [2.75, 3.05) is 37.6 Å². The first-order chi connectivity index (χ1) is 19.3. The van der Waals surface area contributed by atoms with Gasteiger partial charge >= 0.3 is 6.09 Å². The minimum Gasteiger partial charge on any atom is -0.444 e. The Morgan fingerprint density at radius 3 is 2.63 bits per heavy atom. The molecular weight excluding hydrogens is 548 g/mol. The fraction of sp³-hybridized carbons (Fsp3) is 0.481. The lowest BCUT2D eigenvalue weighted by molar-refractivity contribution is -0.131. The Morgan fingerprint density at radius 1 is 1.22 bits per heavy atom. The normalized spacial score (nSPS) is 17.2. The number of aromatic nitrogens is 3. The Morgan fingerprint density at radius 2 is 1.98 bits per heavy atom. The standard InChI is InChI=1S/C27H32N8O5S/c1-18(36)35-13-12-33(16-20(35)14-29-5)25-21-9-11-34(26(37)40-27(2,3)4)17-22(21)31-24(32-25)7-6-19-8-10-30-15-23(19)41(28,38)39/h8,10,15,20H,9,11-14,16-17H2,1-4H3,(H2,28,38,39)/t20-/m0/s1. The zero-order valence-electron chi connectivity index (χ0n) is 23.4. The average molecular weight is 581 g/mol. The van der Waals surface area contributed by atoms with Crippen LogP contribution in [0.4, 0.5) is 10.6 Å². The fourth-order valence-corrected chi connectivity index (χ4v) is 5.40. The van der Waals surface area contributed by atoms with Crippen molar-refractivity contribution in [3.63, 3.8) is 0 Å². The van der Waals surface area contributed by atoms with E-state index >= 15 is 0 Å². The summed E-state index contributed by atoms with van der Waals surface area (Å²) in [4.78, 5) is 46.8. The maximum absolute atomic E-state index is 12.8. The number of carbonyl (C=O) groups excluding carboxylic acids is 2. The molecule has 4 heterocycles. The van der Waals surface area contributed by atoms with Crippen molar-refractivity contribution >= 4 is 27.8 Å². The van der Waals surface area contributed by atoms with Gasteiger partial charge in [0.15, 0.2) is 0 Å². The summed E-state index contributed by atoms with van der Waals surface area (Å²) < 4.78 is 29.6. The van der Waals surface area contributed by atoms with Gasteiger partial charge in [0.25, 0.3) is 0 Å². The van der Waals surface area contributed by atoms with Crippen LogP contribution in [0.3, 0.4) is 0 Å². The molecule has 2 aliphatic rings. The van der Waals surface area contributed by atoms with E-state index in [1.54, 1.807) is 30.6 Å². The van der Waals surface area contributed by atoms with E-state index in [9.17, 15) is 18.0 Å². The highest BCUT2D eigenvalue weighted by atomic mass is 32.2. The molecule has 13 nitrogen and oxygen atoms in total. The Labute approximate surface area is 239 Å². The van der Waals surface area contributed by atoms with Gasteiger partial charge in [0, 0.05) is 56.6 Å².